The summed E-state index contributed by atoms with van der Waals surface area (Å²) >= 11 is 6.11. The number of aromatic nitrogens is 1. The molecule has 0 aliphatic carbocycles. The molecular weight excluding hydrogens is 292 g/mol. The Labute approximate surface area is 127 Å². The number of rotatable bonds is 5. The highest BCUT2D eigenvalue weighted by molar-refractivity contribution is 6.34. The molecule has 0 aliphatic rings. The number of anilines is 2. The van der Waals surface area contributed by atoms with Gasteiger partial charge in [-0.25, -0.2) is 4.98 Å². The number of nitrogens with zero attached hydrogens (tertiary/aromatic N) is 1. The number of hydrogen-bond acceptors (Lipinski definition) is 5. The van der Waals surface area contributed by atoms with Gasteiger partial charge in [-0.3, -0.25) is 4.79 Å². The molecule has 1 amide bonds. The van der Waals surface area contributed by atoms with Gasteiger partial charge < -0.3 is 21.5 Å². The Morgan fingerprint density at radius 1 is 1.43 bits per heavy atom. The van der Waals surface area contributed by atoms with Gasteiger partial charge in [-0.1, -0.05) is 17.7 Å². The van der Waals surface area contributed by atoms with Crippen LogP contribution in [0.3, 0.4) is 0 Å². The molecule has 1 heterocycles. The van der Waals surface area contributed by atoms with E-state index >= 15 is 0 Å². The Bertz CT molecular complexity index is 659. The van der Waals surface area contributed by atoms with E-state index in [0.29, 0.717) is 28.8 Å². The Morgan fingerprint density at radius 2 is 2.19 bits per heavy atom. The maximum absolute atomic E-state index is 11.5. The van der Waals surface area contributed by atoms with Gasteiger partial charge in [0.05, 0.1) is 23.4 Å². The lowest BCUT2D eigenvalue weighted by Crippen LogP contribution is -2.15. The molecule has 2 rings (SSSR count). The van der Waals surface area contributed by atoms with Crippen LogP contribution in [0.25, 0.3) is 0 Å². The summed E-state index contributed by atoms with van der Waals surface area (Å²) in [6, 6.07) is 6.65. The molecule has 5 N–H and O–H groups in total. The van der Waals surface area contributed by atoms with Crippen molar-refractivity contribution in [2.45, 2.75) is 6.54 Å². The Kier molecular flexibility index (Phi) is 4.49. The van der Waals surface area contributed by atoms with Crippen molar-refractivity contribution < 1.29 is 9.53 Å². The van der Waals surface area contributed by atoms with Gasteiger partial charge in [-0.15, -0.1) is 0 Å². The Morgan fingerprint density at radius 3 is 2.76 bits per heavy atom. The number of nitrogens with one attached hydrogen (secondary N) is 1. The zero-order valence-corrected chi connectivity index (χ0v) is 12.1. The molecule has 0 aliphatic heterocycles. The van der Waals surface area contributed by atoms with E-state index in [1.807, 2.05) is 6.07 Å². The van der Waals surface area contributed by atoms with Gasteiger partial charge in [-0.05, 0) is 17.7 Å². The van der Waals surface area contributed by atoms with E-state index in [1.54, 1.807) is 25.4 Å². The molecule has 0 saturated carbocycles. The molecule has 21 heavy (non-hydrogen) atoms. The minimum atomic E-state index is -0.598. The largest absolute Gasteiger partial charge is 0.481 e. The van der Waals surface area contributed by atoms with E-state index < -0.39 is 5.91 Å². The molecule has 0 spiro atoms. The van der Waals surface area contributed by atoms with Crippen molar-refractivity contribution in [1.82, 2.24) is 4.98 Å². The van der Waals surface area contributed by atoms with Gasteiger partial charge in [0.25, 0.3) is 5.91 Å². The molecule has 2 aromatic rings. The maximum Gasteiger partial charge on any atom is 0.250 e. The van der Waals surface area contributed by atoms with Crippen LogP contribution in [0.15, 0.2) is 30.5 Å². The summed E-state index contributed by atoms with van der Waals surface area (Å²) < 4.78 is 4.99. The molecule has 1 aromatic carbocycles. The van der Waals surface area contributed by atoms with Crippen molar-refractivity contribution in [1.29, 1.82) is 0 Å². The van der Waals surface area contributed by atoms with Gasteiger partial charge >= 0.3 is 0 Å². The fourth-order valence-corrected chi connectivity index (χ4v) is 2.12. The first-order valence-corrected chi connectivity index (χ1v) is 6.50. The summed E-state index contributed by atoms with van der Waals surface area (Å²) in [5.41, 5.74) is 13.0. The summed E-state index contributed by atoms with van der Waals surface area (Å²) in [4.78, 5) is 15.6. The third kappa shape index (κ3) is 3.55. The highest BCUT2D eigenvalue weighted by atomic mass is 35.5. The first-order valence-electron chi connectivity index (χ1n) is 6.13. The van der Waals surface area contributed by atoms with Crippen LogP contribution in [0.1, 0.15) is 15.9 Å². The Hall–Kier alpha value is -2.47. The van der Waals surface area contributed by atoms with Gasteiger partial charge in [0.15, 0.2) is 0 Å². The molecule has 0 fully saturated rings. The molecule has 0 atom stereocenters. The van der Waals surface area contributed by atoms with Crippen LogP contribution in [-0.4, -0.2) is 18.0 Å². The van der Waals surface area contributed by atoms with Crippen LogP contribution < -0.4 is 21.5 Å². The molecular formula is C14H15ClN4O2. The van der Waals surface area contributed by atoms with E-state index in [2.05, 4.69) is 10.3 Å². The predicted octanol–water partition coefficient (Wildman–Crippen LogP) is 2.04. The minimum Gasteiger partial charge on any atom is -0.481 e. The lowest BCUT2D eigenvalue weighted by Gasteiger charge is -2.13. The molecule has 6 nitrogen and oxygen atoms in total. The third-order valence-electron chi connectivity index (χ3n) is 2.85. The maximum atomic E-state index is 11.5. The van der Waals surface area contributed by atoms with Crippen molar-refractivity contribution in [3.8, 4) is 5.88 Å². The van der Waals surface area contributed by atoms with E-state index in [9.17, 15) is 4.79 Å². The number of carbonyl (C=O) groups excluding carboxylic acids is 1. The number of primary amides is 1. The smallest absolute Gasteiger partial charge is 0.250 e. The quantitative estimate of drug-likeness (QED) is 0.733. The van der Waals surface area contributed by atoms with E-state index in [0.717, 1.165) is 5.56 Å². The van der Waals surface area contributed by atoms with Crippen LogP contribution in [0.2, 0.25) is 5.02 Å². The second-order valence-electron chi connectivity index (χ2n) is 4.35. The fourth-order valence-electron chi connectivity index (χ4n) is 1.83. The number of hydrogen-bond donors (Lipinski definition) is 3. The fraction of sp³-hybridized carbons (Fsp3) is 0.143. The normalized spacial score (nSPS) is 10.2. The highest BCUT2D eigenvalue weighted by Crippen LogP contribution is 2.29. The summed E-state index contributed by atoms with van der Waals surface area (Å²) in [6.07, 6.45) is 1.67. The first kappa shape index (κ1) is 14.9. The summed E-state index contributed by atoms with van der Waals surface area (Å²) in [5, 5.41) is 3.41. The summed E-state index contributed by atoms with van der Waals surface area (Å²) in [5.74, 6) is -0.0679. The molecule has 7 heteroatoms. The third-order valence-corrected chi connectivity index (χ3v) is 3.15. The van der Waals surface area contributed by atoms with Gasteiger partial charge in [0, 0.05) is 24.5 Å². The summed E-state index contributed by atoms with van der Waals surface area (Å²) in [6.45, 7) is 0.431. The molecule has 0 saturated heterocycles. The summed E-state index contributed by atoms with van der Waals surface area (Å²) in [7, 11) is 1.55. The van der Waals surface area contributed by atoms with E-state index in [4.69, 9.17) is 27.8 Å². The van der Waals surface area contributed by atoms with Gasteiger partial charge in [0.2, 0.25) is 5.88 Å². The number of amides is 1. The first-order chi connectivity index (χ1) is 10.0. The standard InChI is InChI=1S/C14H15ClN4O2/c1-21-12-3-2-8(6-18-12)7-19-13-10(14(17)20)4-9(16)5-11(13)15/h2-6,19H,7,16H2,1H3,(H2,17,20). The van der Waals surface area contributed by atoms with Crippen LogP contribution in [0.4, 0.5) is 11.4 Å². The monoisotopic (exact) mass is 306 g/mol. The van der Waals surface area contributed by atoms with Gasteiger partial charge in [0.1, 0.15) is 0 Å². The van der Waals surface area contributed by atoms with E-state index in [1.165, 1.54) is 6.07 Å². The van der Waals surface area contributed by atoms with Crippen molar-refractivity contribution in [3.63, 3.8) is 0 Å². The number of carbonyl (C=O) groups is 1. The minimum absolute atomic E-state index is 0.251. The van der Waals surface area contributed by atoms with Crippen molar-refractivity contribution in [2.75, 3.05) is 18.2 Å². The van der Waals surface area contributed by atoms with Crippen LogP contribution in [0.5, 0.6) is 5.88 Å². The van der Waals surface area contributed by atoms with Crippen molar-refractivity contribution >= 4 is 28.9 Å². The lowest BCUT2D eigenvalue weighted by atomic mass is 10.1. The van der Waals surface area contributed by atoms with Crippen molar-refractivity contribution in [2.24, 2.45) is 5.73 Å². The molecule has 0 bridgehead atoms. The molecule has 1 aromatic heterocycles. The number of benzene rings is 1. The van der Waals surface area contributed by atoms with Crippen molar-refractivity contribution in [3.05, 3.63) is 46.6 Å². The number of pyridine rings is 1. The second kappa shape index (κ2) is 6.32. The number of methoxy groups -OCH3 is 1. The second-order valence-corrected chi connectivity index (χ2v) is 4.76. The predicted molar refractivity (Wildman–Crippen MR) is 82.5 cm³/mol. The molecule has 0 radical (unpaired) electrons. The van der Waals surface area contributed by atoms with Crippen LogP contribution in [-0.2, 0) is 6.54 Å². The average molecular weight is 307 g/mol. The SMILES string of the molecule is COc1ccc(CNc2c(Cl)cc(N)cc2C(N)=O)cn1. The molecule has 0 unspecified atom stereocenters. The highest BCUT2D eigenvalue weighted by Gasteiger charge is 2.13. The lowest BCUT2D eigenvalue weighted by molar-refractivity contribution is 0.100. The van der Waals surface area contributed by atoms with E-state index in [-0.39, 0.29) is 5.56 Å². The van der Waals surface area contributed by atoms with Crippen LogP contribution in [0, 0.1) is 0 Å². The van der Waals surface area contributed by atoms with Crippen LogP contribution >= 0.6 is 11.6 Å². The Balaban J connectivity index is 2.20. The zero-order valence-electron chi connectivity index (χ0n) is 11.4. The zero-order chi connectivity index (χ0) is 15.4. The number of halogens is 1. The number of nitrogens with two attached hydrogens (primary N) is 2. The molecule has 110 valence electrons. The van der Waals surface area contributed by atoms with Gasteiger partial charge in [-0.2, -0.15) is 0 Å². The average Bonchev–Trinajstić information content (AvgIpc) is 2.46. The number of nitrogen functional groups attached to an aromatic ring is 1. The topological polar surface area (TPSA) is 103 Å². The number of ether oxygens (including phenoxy) is 1.